The summed E-state index contributed by atoms with van der Waals surface area (Å²) in [5.41, 5.74) is 1.89. The smallest absolute Gasteiger partial charge is 0.238 e. The fraction of sp³-hybridized carbons (Fsp3) is 0.556. The minimum absolute atomic E-state index is 0.0466. The molecule has 0 unspecified atom stereocenters. The average molecular weight is 319 g/mol. The molecule has 2 amide bonds. The first-order valence-electron chi connectivity index (χ1n) is 8.10. The molecule has 0 aromatic heterocycles. The lowest BCUT2D eigenvalue weighted by atomic mass is 9.86. The Kier molecular flexibility index (Phi) is 7.23. The normalized spacial score (nSPS) is 11.4. The van der Waals surface area contributed by atoms with Crippen LogP contribution >= 0.6 is 0 Å². The van der Waals surface area contributed by atoms with Crippen molar-refractivity contribution < 1.29 is 9.59 Å². The molecule has 0 fully saturated rings. The molecule has 5 nitrogen and oxygen atoms in total. The van der Waals surface area contributed by atoms with Gasteiger partial charge in [0.05, 0.1) is 13.1 Å². The highest BCUT2D eigenvalue weighted by Crippen LogP contribution is 2.29. The number of anilines is 1. The highest BCUT2D eigenvalue weighted by Gasteiger charge is 2.19. The first-order valence-corrected chi connectivity index (χ1v) is 8.10. The topological polar surface area (TPSA) is 61.4 Å². The number of hydrogen-bond acceptors (Lipinski definition) is 3. The zero-order valence-corrected chi connectivity index (χ0v) is 14.9. The number of nitrogens with one attached hydrogen (secondary N) is 2. The number of amides is 2. The summed E-state index contributed by atoms with van der Waals surface area (Å²) < 4.78 is 0. The van der Waals surface area contributed by atoms with Crippen LogP contribution in [0.3, 0.4) is 0 Å². The number of para-hydroxylation sites is 1. The van der Waals surface area contributed by atoms with E-state index < -0.39 is 0 Å². The maximum absolute atomic E-state index is 12.4. The van der Waals surface area contributed by atoms with Gasteiger partial charge in [0.2, 0.25) is 11.8 Å². The van der Waals surface area contributed by atoms with E-state index in [1.807, 2.05) is 36.1 Å². The van der Waals surface area contributed by atoms with Crippen molar-refractivity contribution in [2.45, 2.75) is 39.5 Å². The third-order valence-electron chi connectivity index (χ3n) is 3.56. The maximum Gasteiger partial charge on any atom is 0.238 e. The second kappa shape index (κ2) is 8.67. The Morgan fingerprint density at radius 2 is 1.70 bits per heavy atom. The lowest BCUT2D eigenvalue weighted by molar-refractivity contribution is -0.123. The summed E-state index contributed by atoms with van der Waals surface area (Å²) in [5, 5.41) is 5.58. The molecule has 23 heavy (non-hydrogen) atoms. The van der Waals surface area contributed by atoms with Crippen molar-refractivity contribution in [3.8, 4) is 0 Å². The lowest BCUT2D eigenvalue weighted by Gasteiger charge is -2.24. The monoisotopic (exact) mass is 319 g/mol. The second-order valence-corrected chi connectivity index (χ2v) is 6.73. The van der Waals surface area contributed by atoms with Crippen molar-refractivity contribution in [2.75, 3.05) is 32.0 Å². The van der Waals surface area contributed by atoms with Crippen molar-refractivity contribution in [3.05, 3.63) is 29.8 Å². The van der Waals surface area contributed by atoms with Crippen LogP contribution in [-0.4, -0.2) is 43.4 Å². The van der Waals surface area contributed by atoms with Crippen LogP contribution in [-0.2, 0) is 15.0 Å². The molecule has 0 bridgehead atoms. The van der Waals surface area contributed by atoms with E-state index in [1.54, 1.807) is 7.05 Å². The van der Waals surface area contributed by atoms with Crippen LogP contribution in [0.4, 0.5) is 5.69 Å². The van der Waals surface area contributed by atoms with Crippen LogP contribution in [0.5, 0.6) is 0 Å². The summed E-state index contributed by atoms with van der Waals surface area (Å²) >= 11 is 0. The first kappa shape index (κ1) is 19.2. The Balaban J connectivity index is 2.77. The van der Waals surface area contributed by atoms with Gasteiger partial charge >= 0.3 is 0 Å². The van der Waals surface area contributed by atoms with Crippen molar-refractivity contribution in [1.29, 1.82) is 0 Å². The molecule has 0 spiro atoms. The molecule has 0 aliphatic carbocycles. The van der Waals surface area contributed by atoms with E-state index in [0.717, 1.165) is 17.7 Å². The third-order valence-corrected chi connectivity index (χ3v) is 3.56. The number of benzene rings is 1. The van der Waals surface area contributed by atoms with Crippen LogP contribution in [0.2, 0.25) is 0 Å². The van der Waals surface area contributed by atoms with Crippen molar-refractivity contribution in [1.82, 2.24) is 10.2 Å². The molecule has 0 aliphatic heterocycles. The van der Waals surface area contributed by atoms with Crippen LogP contribution < -0.4 is 10.6 Å². The van der Waals surface area contributed by atoms with E-state index in [2.05, 4.69) is 31.4 Å². The predicted molar refractivity (Wildman–Crippen MR) is 94.6 cm³/mol. The molecular formula is C18H29N3O2. The minimum atomic E-state index is -0.0981. The molecule has 1 aromatic carbocycles. The number of rotatable bonds is 7. The van der Waals surface area contributed by atoms with Gasteiger partial charge in [-0.3, -0.25) is 14.5 Å². The maximum atomic E-state index is 12.4. The summed E-state index contributed by atoms with van der Waals surface area (Å²) in [4.78, 5) is 25.8. The molecule has 128 valence electrons. The third kappa shape index (κ3) is 6.40. The first-order chi connectivity index (χ1) is 10.8. The molecule has 0 atom stereocenters. The number of hydrogen-bond donors (Lipinski definition) is 2. The molecule has 1 rings (SSSR count). The molecule has 0 aliphatic rings. The quantitative estimate of drug-likeness (QED) is 0.811. The Bertz CT molecular complexity index is 535. The molecule has 2 N–H and O–H groups in total. The Morgan fingerprint density at radius 3 is 2.26 bits per heavy atom. The van der Waals surface area contributed by atoms with E-state index in [9.17, 15) is 9.59 Å². The lowest BCUT2D eigenvalue weighted by Crippen LogP contribution is -2.40. The summed E-state index contributed by atoms with van der Waals surface area (Å²) in [5.74, 6) is -0.180. The number of carbonyl (C=O) groups excluding carboxylic acids is 2. The molecular weight excluding hydrogens is 290 g/mol. The summed E-state index contributed by atoms with van der Waals surface area (Å²) in [6.07, 6.45) is 0.892. The van der Waals surface area contributed by atoms with E-state index in [-0.39, 0.29) is 30.3 Å². The van der Waals surface area contributed by atoms with Gasteiger partial charge in [0, 0.05) is 12.7 Å². The van der Waals surface area contributed by atoms with Gasteiger partial charge in [0.1, 0.15) is 0 Å². The number of nitrogens with zero attached hydrogens (tertiary/aromatic N) is 1. The fourth-order valence-corrected chi connectivity index (χ4v) is 2.45. The van der Waals surface area contributed by atoms with Crippen molar-refractivity contribution >= 4 is 17.5 Å². The van der Waals surface area contributed by atoms with Crippen molar-refractivity contribution in [3.63, 3.8) is 0 Å². The number of likely N-dealkylation sites (N-methyl/N-ethyl adjacent to an activating group) is 1. The zero-order valence-electron chi connectivity index (χ0n) is 14.9. The van der Waals surface area contributed by atoms with E-state index >= 15 is 0 Å². The summed E-state index contributed by atoms with van der Waals surface area (Å²) in [6.45, 7) is 9.54. The molecule has 0 radical (unpaired) electrons. The SMILES string of the molecule is CCCN(CC(=O)NC)CC(=O)Nc1ccccc1C(C)(C)C. The Labute approximate surface area is 139 Å². The van der Waals surface area contributed by atoms with E-state index in [4.69, 9.17) is 0 Å². The minimum Gasteiger partial charge on any atom is -0.358 e. The van der Waals surface area contributed by atoms with E-state index in [1.165, 1.54) is 0 Å². The average Bonchev–Trinajstić information content (AvgIpc) is 2.46. The van der Waals surface area contributed by atoms with Gasteiger partial charge in [-0.1, -0.05) is 45.9 Å². The molecule has 0 saturated heterocycles. The molecule has 0 heterocycles. The van der Waals surface area contributed by atoms with Crippen LogP contribution in [0.1, 0.15) is 39.7 Å². The molecule has 1 aromatic rings. The predicted octanol–water partition coefficient (Wildman–Crippen LogP) is 2.38. The van der Waals surface area contributed by atoms with Crippen LogP contribution in [0.25, 0.3) is 0 Å². The van der Waals surface area contributed by atoms with Gasteiger partial charge in [0.15, 0.2) is 0 Å². The van der Waals surface area contributed by atoms with Crippen LogP contribution in [0, 0.1) is 0 Å². The van der Waals surface area contributed by atoms with Gasteiger partial charge in [-0.2, -0.15) is 0 Å². The van der Waals surface area contributed by atoms with Crippen molar-refractivity contribution in [2.24, 2.45) is 0 Å². The van der Waals surface area contributed by atoms with Crippen LogP contribution in [0.15, 0.2) is 24.3 Å². The van der Waals surface area contributed by atoms with Gasteiger partial charge in [-0.05, 0) is 30.0 Å². The molecule has 5 heteroatoms. The standard InChI is InChI=1S/C18H29N3O2/c1-6-11-21(12-16(22)19-5)13-17(23)20-15-10-8-7-9-14(15)18(2,3)4/h7-10H,6,11-13H2,1-5H3,(H,19,22)(H,20,23). The van der Waals surface area contributed by atoms with Gasteiger partial charge in [-0.15, -0.1) is 0 Å². The summed E-state index contributed by atoms with van der Waals surface area (Å²) in [6, 6.07) is 7.84. The zero-order chi connectivity index (χ0) is 17.5. The number of carbonyl (C=O) groups is 2. The van der Waals surface area contributed by atoms with Gasteiger partial charge < -0.3 is 10.6 Å². The van der Waals surface area contributed by atoms with Gasteiger partial charge in [-0.25, -0.2) is 0 Å². The largest absolute Gasteiger partial charge is 0.358 e. The van der Waals surface area contributed by atoms with E-state index in [0.29, 0.717) is 6.54 Å². The Morgan fingerprint density at radius 1 is 1.09 bits per heavy atom. The highest BCUT2D eigenvalue weighted by atomic mass is 16.2. The highest BCUT2D eigenvalue weighted by molar-refractivity contribution is 5.93. The second-order valence-electron chi connectivity index (χ2n) is 6.73. The summed E-state index contributed by atoms with van der Waals surface area (Å²) in [7, 11) is 1.60. The Hall–Kier alpha value is -1.88. The fourth-order valence-electron chi connectivity index (χ4n) is 2.45. The van der Waals surface area contributed by atoms with Gasteiger partial charge in [0.25, 0.3) is 0 Å². The molecule has 0 saturated carbocycles.